The average molecular weight is 191 g/mol. The summed E-state index contributed by atoms with van der Waals surface area (Å²) in [5.74, 6) is 0. The molecule has 76 valence electrons. The van der Waals surface area contributed by atoms with Crippen LogP contribution in [-0.4, -0.2) is 15.8 Å². The largest absolute Gasteiger partial charge is 0.304 e. The van der Waals surface area contributed by atoms with Crippen molar-refractivity contribution in [3.05, 3.63) is 30.1 Å². The predicted octanol–water partition coefficient (Wildman–Crippen LogP) is 1.79. The molecular formula is C11H17N3. The van der Waals surface area contributed by atoms with E-state index in [1.807, 2.05) is 17.9 Å². The molecule has 1 aromatic rings. The Bertz CT molecular complexity index is 327. The third-order valence-electron chi connectivity index (χ3n) is 2.70. The molecule has 0 fully saturated rings. The van der Waals surface area contributed by atoms with E-state index in [2.05, 4.69) is 35.7 Å². The summed E-state index contributed by atoms with van der Waals surface area (Å²) in [6.45, 7) is 2.18. The maximum atomic E-state index is 4.17. The standard InChI is InChI=1S/C11H17N3/c1-9(10-7-12-14(2)8-10)13-11-5-3-4-6-11/h3,5,7-9,11,13H,4,6H2,1-2H3. The quantitative estimate of drug-likeness (QED) is 0.738. The zero-order valence-corrected chi connectivity index (χ0v) is 8.77. The van der Waals surface area contributed by atoms with Gasteiger partial charge in [0.05, 0.1) is 6.20 Å². The Kier molecular flexibility index (Phi) is 2.68. The van der Waals surface area contributed by atoms with E-state index < -0.39 is 0 Å². The summed E-state index contributed by atoms with van der Waals surface area (Å²) in [5.41, 5.74) is 1.26. The van der Waals surface area contributed by atoms with Gasteiger partial charge >= 0.3 is 0 Å². The van der Waals surface area contributed by atoms with Crippen molar-refractivity contribution in [3.63, 3.8) is 0 Å². The molecule has 0 saturated heterocycles. The molecule has 0 bridgehead atoms. The van der Waals surface area contributed by atoms with Crippen LogP contribution in [0.2, 0.25) is 0 Å². The normalized spacial score (nSPS) is 22.9. The topological polar surface area (TPSA) is 29.9 Å². The Morgan fingerprint density at radius 1 is 1.64 bits per heavy atom. The molecule has 0 radical (unpaired) electrons. The van der Waals surface area contributed by atoms with Crippen molar-refractivity contribution < 1.29 is 0 Å². The maximum Gasteiger partial charge on any atom is 0.0537 e. The minimum absolute atomic E-state index is 0.386. The number of rotatable bonds is 3. The van der Waals surface area contributed by atoms with Crippen molar-refractivity contribution in [2.24, 2.45) is 7.05 Å². The lowest BCUT2D eigenvalue weighted by Crippen LogP contribution is -2.27. The highest BCUT2D eigenvalue weighted by molar-refractivity contribution is 5.11. The van der Waals surface area contributed by atoms with E-state index in [9.17, 15) is 0 Å². The number of hydrogen-bond acceptors (Lipinski definition) is 2. The SMILES string of the molecule is CC(NC1C=CCC1)c1cnn(C)c1. The van der Waals surface area contributed by atoms with E-state index in [0.29, 0.717) is 12.1 Å². The van der Waals surface area contributed by atoms with Gasteiger partial charge in [-0.2, -0.15) is 5.10 Å². The molecule has 3 nitrogen and oxygen atoms in total. The van der Waals surface area contributed by atoms with Gasteiger partial charge in [-0.1, -0.05) is 12.2 Å². The molecule has 0 aliphatic heterocycles. The molecule has 1 aliphatic carbocycles. The molecule has 2 rings (SSSR count). The maximum absolute atomic E-state index is 4.17. The van der Waals surface area contributed by atoms with Gasteiger partial charge in [0.1, 0.15) is 0 Å². The van der Waals surface area contributed by atoms with Crippen molar-refractivity contribution in [3.8, 4) is 0 Å². The van der Waals surface area contributed by atoms with E-state index >= 15 is 0 Å². The lowest BCUT2D eigenvalue weighted by Gasteiger charge is -2.16. The number of aromatic nitrogens is 2. The Morgan fingerprint density at radius 2 is 2.50 bits per heavy atom. The van der Waals surface area contributed by atoms with Gasteiger partial charge in [0.2, 0.25) is 0 Å². The Hall–Kier alpha value is -1.09. The van der Waals surface area contributed by atoms with E-state index in [4.69, 9.17) is 0 Å². The minimum Gasteiger partial charge on any atom is -0.304 e. The summed E-state index contributed by atoms with van der Waals surface area (Å²) >= 11 is 0. The first kappa shape index (κ1) is 9.46. The summed E-state index contributed by atoms with van der Waals surface area (Å²) in [6, 6.07) is 0.932. The van der Waals surface area contributed by atoms with Crippen molar-refractivity contribution in [2.75, 3.05) is 0 Å². The molecule has 2 unspecified atom stereocenters. The Morgan fingerprint density at radius 3 is 3.07 bits per heavy atom. The number of allylic oxidation sites excluding steroid dienone is 1. The van der Waals surface area contributed by atoms with Gasteiger partial charge in [0, 0.05) is 30.9 Å². The van der Waals surface area contributed by atoms with Crippen LogP contribution in [0.5, 0.6) is 0 Å². The molecule has 0 aromatic carbocycles. The first-order valence-corrected chi connectivity index (χ1v) is 5.17. The van der Waals surface area contributed by atoms with Gasteiger partial charge < -0.3 is 5.32 Å². The zero-order valence-electron chi connectivity index (χ0n) is 8.77. The van der Waals surface area contributed by atoms with Crippen LogP contribution in [0, 0.1) is 0 Å². The second-order valence-corrected chi connectivity index (χ2v) is 3.95. The van der Waals surface area contributed by atoms with Gasteiger partial charge in [-0.3, -0.25) is 4.68 Å². The second-order valence-electron chi connectivity index (χ2n) is 3.95. The third kappa shape index (κ3) is 2.04. The second kappa shape index (κ2) is 3.96. The molecule has 1 aliphatic rings. The molecule has 1 N–H and O–H groups in total. The molecule has 1 aromatic heterocycles. The average Bonchev–Trinajstić information content (AvgIpc) is 2.75. The fraction of sp³-hybridized carbons (Fsp3) is 0.545. The van der Waals surface area contributed by atoms with Crippen molar-refractivity contribution in [1.82, 2.24) is 15.1 Å². The van der Waals surface area contributed by atoms with E-state index in [0.717, 1.165) is 0 Å². The molecule has 0 saturated carbocycles. The lowest BCUT2D eigenvalue weighted by atomic mass is 10.1. The lowest BCUT2D eigenvalue weighted by molar-refractivity contribution is 0.505. The van der Waals surface area contributed by atoms with Crippen LogP contribution in [0.1, 0.15) is 31.4 Å². The highest BCUT2D eigenvalue weighted by Gasteiger charge is 2.13. The fourth-order valence-electron chi connectivity index (χ4n) is 1.85. The molecular weight excluding hydrogens is 174 g/mol. The summed E-state index contributed by atoms with van der Waals surface area (Å²) in [6.07, 6.45) is 10.9. The van der Waals surface area contributed by atoms with Crippen LogP contribution in [-0.2, 0) is 7.05 Å². The van der Waals surface area contributed by atoms with Crippen molar-refractivity contribution >= 4 is 0 Å². The highest BCUT2D eigenvalue weighted by atomic mass is 15.2. The minimum atomic E-state index is 0.386. The summed E-state index contributed by atoms with van der Waals surface area (Å²) < 4.78 is 1.85. The summed E-state index contributed by atoms with van der Waals surface area (Å²) in [4.78, 5) is 0. The van der Waals surface area contributed by atoms with Gasteiger partial charge in [0.25, 0.3) is 0 Å². The van der Waals surface area contributed by atoms with Crippen LogP contribution < -0.4 is 5.32 Å². The zero-order chi connectivity index (χ0) is 9.97. The van der Waals surface area contributed by atoms with Crippen molar-refractivity contribution in [1.29, 1.82) is 0 Å². The Balaban J connectivity index is 1.94. The van der Waals surface area contributed by atoms with Gasteiger partial charge in [-0.15, -0.1) is 0 Å². The van der Waals surface area contributed by atoms with E-state index in [-0.39, 0.29) is 0 Å². The number of aryl methyl sites for hydroxylation is 1. The molecule has 14 heavy (non-hydrogen) atoms. The molecule has 2 atom stereocenters. The van der Waals surface area contributed by atoms with Gasteiger partial charge in [-0.25, -0.2) is 0 Å². The van der Waals surface area contributed by atoms with Gasteiger partial charge in [-0.05, 0) is 19.8 Å². The third-order valence-corrected chi connectivity index (χ3v) is 2.70. The van der Waals surface area contributed by atoms with E-state index in [1.165, 1.54) is 18.4 Å². The summed E-state index contributed by atoms with van der Waals surface area (Å²) in [7, 11) is 1.95. The fourth-order valence-corrected chi connectivity index (χ4v) is 1.85. The molecule has 0 amide bonds. The predicted molar refractivity (Wildman–Crippen MR) is 56.9 cm³/mol. The van der Waals surface area contributed by atoms with Gasteiger partial charge in [0.15, 0.2) is 0 Å². The van der Waals surface area contributed by atoms with E-state index in [1.54, 1.807) is 0 Å². The van der Waals surface area contributed by atoms with Crippen molar-refractivity contribution in [2.45, 2.75) is 31.8 Å². The highest BCUT2D eigenvalue weighted by Crippen LogP contribution is 2.16. The summed E-state index contributed by atoms with van der Waals surface area (Å²) in [5, 5.41) is 7.74. The first-order valence-electron chi connectivity index (χ1n) is 5.17. The molecule has 1 heterocycles. The monoisotopic (exact) mass is 191 g/mol. The first-order chi connectivity index (χ1) is 6.75. The van der Waals surface area contributed by atoms with Crippen LogP contribution in [0.3, 0.4) is 0 Å². The number of nitrogens with one attached hydrogen (secondary N) is 1. The molecule has 0 spiro atoms. The van der Waals surface area contributed by atoms with Crippen LogP contribution in [0.15, 0.2) is 24.5 Å². The Labute approximate surface area is 84.8 Å². The van der Waals surface area contributed by atoms with Crippen LogP contribution in [0.25, 0.3) is 0 Å². The van der Waals surface area contributed by atoms with Crippen LogP contribution >= 0.6 is 0 Å². The van der Waals surface area contributed by atoms with Crippen LogP contribution in [0.4, 0.5) is 0 Å². The number of hydrogen-bond donors (Lipinski definition) is 1. The smallest absolute Gasteiger partial charge is 0.0537 e. The number of nitrogens with zero attached hydrogens (tertiary/aromatic N) is 2. The molecule has 3 heteroatoms.